The molecule has 0 aromatic carbocycles. The molecule has 0 bridgehead atoms. The molecule has 2 aliphatic heterocycles. The zero-order valence-corrected chi connectivity index (χ0v) is 9.36. The van der Waals surface area contributed by atoms with Gasteiger partial charge in [-0.05, 0) is 36.9 Å². The molecule has 2 atom stereocenters. The van der Waals surface area contributed by atoms with Gasteiger partial charge in [-0.1, -0.05) is 12.8 Å². The van der Waals surface area contributed by atoms with Gasteiger partial charge in [0.15, 0.2) is 0 Å². The van der Waals surface area contributed by atoms with Crippen LogP contribution in [0.5, 0.6) is 0 Å². The maximum atomic E-state index is 6.25. The molecule has 1 aliphatic carbocycles. The Morgan fingerprint density at radius 2 is 2.08 bits per heavy atom. The van der Waals surface area contributed by atoms with E-state index in [4.69, 9.17) is 15.8 Å². The van der Waals surface area contributed by atoms with Crippen LogP contribution in [0.1, 0.15) is 38.5 Å². The molecule has 2 saturated heterocycles. The highest BCUT2D eigenvalue weighted by Crippen LogP contribution is 2.65. The summed E-state index contributed by atoms with van der Waals surface area (Å²) in [5, 5.41) is 0. The number of rotatable bonds is 0. The van der Waals surface area contributed by atoms with Gasteiger partial charge in [-0.15, -0.1) is 0 Å². The van der Waals surface area contributed by atoms with Crippen LogP contribution in [-0.4, -0.2) is 22.9 Å². The highest BCUT2D eigenvalue weighted by Gasteiger charge is 2.55. The van der Waals surface area contributed by atoms with Gasteiger partial charge < -0.3 is 4.52 Å². The van der Waals surface area contributed by atoms with Gasteiger partial charge in [0.05, 0.1) is 5.60 Å². The largest absolute Gasteiger partial charge is 0.323 e. The van der Waals surface area contributed by atoms with Gasteiger partial charge in [-0.25, -0.2) is 4.67 Å². The smallest absolute Gasteiger partial charge is 0.207 e. The number of fused-ring (bicyclic) bond motifs is 2. The minimum atomic E-state index is -0.759. The van der Waals surface area contributed by atoms with Crippen molar-refractivity contribution in [1.29, 1.82) is 0 Å². The third-order valence-corrected chi connectivity index (χ3v) is 5.93. The van der Waals surface area contributed by atoms with Gasteiger partial charge in [0.25, 0.3) is 0 Å². The lowest BCUT2D eigenvalue weighted by Gasteiger charge is -2.27. The van der Waals surface area contributed by atoms with Crippen LogP contribution < -0.4 is 0 Å². The minimum Gasteiger partial charge on any atom is -0.323 e. The highest BCUT2D eigenvalue weighted by molar-refractivity contribution is 7.78. The van der Waals surface area contributed by atoms with E-state index in [2.05, 4.69) is 4.67 Å². The average molecular weight is 220 g/mol. The third-order valence-electron chi connectivity index (χ3n) is 3.74. The second-order valence-corrected chi connectivity index (χ2v) is 6.43. The van der Waals surface area contributed by atoms with E-state index in [0.29, 0.717) is 6.04 Å². The topological polar surface area (TPSA) is 12.5 Å². The lowest BCUT2D eigenvalue weighted by molar-refractivity contribution is 0.0783. The number of hydrogen-bond acceptors (Lipinski definition) is 2. The van der Waals surface area contributed by atoms with E-state index in [1.54, 1.807) is 0 Å². The van der Waals surface area contributed by atoms with E-state index in [0.717, 1.165) is 0 Å². The first-order valence-electron chi connectivity index (χ1n) is 5.23. The van der Waals surface area contributed by atoms with Gasteiger partial charge in [0.2, 0.25) is 7.65 Å². The molecule has 0 aromatic heterocycles. The SMILES string of the molecule is ClP1OC2(CCCC2)[C@H]2CCCN21. The maximum Gasteiger partial charge on any atom is 0.207 e. The first-order chi connectivity index (χ1) is 6.32. The molecule has 1 unspecified atom stereocenters. The highest BCUT2D eigenvalue weighted by atomic mass is 35.7. The monoisotopic (exact) mass is 219 g/mol. The van der Waals surface area contributed by atoms with Crippen LogP contribution in [0.3, 0.4) is 0 Å². The second kappa shape index (κ2) is 3.06. The summed E-state index contributed by atoms with van der Waals surface area (Å²) in [5.74, 6) is 0. The molecule has 0 N–H and O–H groups in total. The molecule has 0 radical (unpaired) electrons. The van der Waals surface area contributed by atoms with E-state index in [1.165, 1.54) is 45.1 Å². The molecule has 3 rings (SSSR count). The van der Waals surface area contributed by atoms with Crippen LogP contribution >= 0.6 is 18.9 Å². The van der Waals surface area contributed by atoms with Crippen molar-refractivity contribution in [1.82, 2.24) is 4.67 Å². The molecule has 1 saturated carbocycles. The van der Waals surface area contributed by atoms with Crippen molar-refractivity contribution in [2.24, 2.45) is 0 Å². The molecular weight excluding hydrogens is 205 g/mol. The molecule has 4 heteroatoms. The van der Waals surface area contributed by atoms with Gasteiger partial charge in [-0.3, -0.25) is 0 Å². The summed E-state index contributed by atoms with van der Waals surface area (Å²) in [4.78, 5) is 0. The predicted octanol–water partition coefficient (Wildman–Crippen LogP) is 3.26. The van der Waals surface area contributed by atoms with Crippen molar-refractivity contribution in [2.75, 3.05) is 6.54 Å². The van der Waals surface area contributed by atoms with E-state index >= 15 is 0 Å². The molecular formula is C9H15ClNOP. The zero-order chi connectivity index (χ0) is 8.89. The summed E-state index contributed by atoms with van der Waals surface area (Å²) >= 11 is 6.25. The standard InChI is InChI=1S/C9H15ClNOP/c10-13-11-7-3-4-8(11)9(12-13)5-1-2-6-9/h8H,1-7H2/t8-,13?/m1/s1. The molecule has 2 heterocycles. The average Bonchev–Trinajstić information content (AvgIpc) is 2.74. The molecule has 74 valence electrons. The Hall–Kier alpha value is 0.640. The van der Waals surface area contributed by atoms with Crippen molar-refractivity contribution >= 4 is 18.9 Å². The number of halogens is 1. The van der Waals surface area contributed by atoms with Crippen molar-refractivity contribution in [3.05, 3.63) is 0 Å². The fraction of sp³-hybridized carbons (Fsp3) is 1.00. The molecule has 0 amide bonds. The van der Waals surface area contributed by atoms with Crippen molar-refractivity contribution in [3.8, 4) is 0 Å². The van der Waals surface area contributed by atoms with Gasteiger partial charge in [0.1, 0.15) is 0 Å². The number of nitrogens with zero attached hydrogens (tertiary/aromatic N) is 1. The zero-order valence-electron chi connectivity index (χ0n) is 7.71. The summed E-state index contributed by atoms with van der Waals surface area (Å²) in [6, 6.07) is 0.665. The van der Waals surface area contributed by atoms with E-state index < -0.39 is 7.65 Å². The molecule has 3 aliphatic rings. The van der Waals surface area contributed by atoms with Gasteiger partial charge in [-0.2, -0.15) is 0 Å². The van der Waals surface area contributed by atoms with Crippen LogP contribution in [-0.2, 0) is 4.52 Å². The summed E-state index contributed by atoms with van der Waals surface area (Å²) in [6.45, 7) is 1.17. The van der Waals surface area contributed by atoms with Crippen molar-refractivity contribution in [2.45, 2.75) is 50.2 Å². The van der Waals surface area contributed by atoms with Gasteiger partial charge >= 0.3 is 0 Å². The van der Waals surface area contributed by atoms with Crippen LogP contribution in [0.25, 0.3) is 0 Å². The Labute approximate surface area is 85.3 Å². The lowest BCUT2D eigenvalue weighted by atomic mass is 9.91. The van der Waals surface area contributed by atoms with E-state index in [9.17, 15) is 0 Å². The van der Waals surface area contributed by atoms with E-state index in [1.807, 2.05) is 0 Å². The second-order valence-electron chi connectivity index (χ2n) is 4.41. The summed E-state index contributed by atoms with van der Waals surface area (Å²) in [7, 11) is -0.759. The fourth-order valence-corrected chi connectivity index (χ4v) is 5.64. The molecule has 2 nitrogen and oxygen atoms in total. The molecule has 0 aromatic rings. The lowest BCUT2D eigenvalue weighted by Crippen LogP contribution is -2.39. The maximum absolute atomic E-state index is 6.25. The quantitative estimate of drug-likeness (QED) is 0.580. The fourth-order valence-electron chi connectivity index (χ4n) is 3.14. The molecule has 13 heavy (non-hydrogen) atoms. The third kappa shape index (κ3) is 1.19. The Bertz CT molecular complexity index is 220. The van der Waals surface area contributed by atoms with Crippen LogP contribution in [0, 0.1) is 0 Å². The summed E-state index contributed by atoms with van der Waals surface area (Å²) in [6.07, 6.45) is 7.81. The minimum absolute atomic E-state index is 0.184. The van der Waals surface area contributed by atoms with Crippen LogP contribution in [0.15, 0.2) is 0 Å². The van der Waals surface area contributed by atoms with E-state index in [-0.39, 0.29) is 5.60 Å². The Morgan fingerprint density at radius 3 is 2.85 bits per heavy atom. The summed E-state index contributed by atoms with van der Waals surface area (Å²) < 4.78 is 8.45. The first kappa shape index (κ1) is 8.91. The Morgan fingerprint density at radius 1 is 1.31 bits per heavy atom. The summed E-state index contributed by atoms with van der Waals surface area (Å²) in [5.41, 5.74) is 0.184. The molecule has 1 spiro atoms. The van der Waals surface area contributed by atoms with Crippen LogP contribution in [0.2, 0.25) is 0 Å². The normalized spacial score (nSPS) is 43.2. The Kier molecular flexibility index (Phi) is 2.10. The van der Waals surface area contributed by atoms with Crippen molar-refractivity contribution in [3.63, 3.8) is 0 Å². The molecule has 3 fully saturated rings. The van der Waals surface area contributed by atoms with Crippen LogP contribution in [0.4, 0.5) is 0 Å². The number of hydrogen-bond donors (Lipinski definition) is 0. The Balaban J connectivity index is 1.89. The predicted molar refractivity (Wildman–Crippen MR) is 54.8 cm³/mol. The van der Waals surface area contributed by atoms with Crippen molar-refractivity contribution < 1.29 is 4.52 Å². The first-order valence-corrected chi connectivity index (χ1v) is 7.35. The van der Waals surface area contributed by atoms with Gasteiger partial charge in [0, 0.05) is 12.6 Å².